The van der Waals surface area contributed by atoms with E-state index in [2.05, 4.69) is 0 Å². The van der Waals surface area contributed by atoms with Gasteiger partial charge in [-0.15, -0.1) is 11.3 Å². The normalized spacial score (nSPS) is 12.0. The molecule has 0 aliphatic rings. The first-order valence-corrected chi connectivity index (χ1v) is 8.91. The van der Waals surface area contributed by atoms with Crippen LogP contribution in [0.25, 0.3) is 10.1 Å². The van der Waals surface area contributed by atoms with Crippen LogP contribution in [0.3, 0.4) is 0 Å². The van der Waals surface area contributed by atoms with Crippen molar-refractivity contribution in [1.29, 1.82) is 0 Å². The van der Waals surface area contributed by atoms with Crippen LogP contribution < -0.4 is 4.74 Å². The average molecular weight is 404 g/mol. The highest BCUT2D eigenvalue weighted by molar-refractivity contribution is 7.19. The van der Waals surface area contributed by atoms with Crippen LogP contribution in [-0.4, -0.2) is 6.61 Å². The smallest absolute Gasteiger partial charge is 0.422 e. The van der Waals surface area contributed by atoms with E-state index in [1.165, 1.54) is 11.3 Å². The van der Waals surface area contributed by atoms with Crippen LogP contribution in [0.15, 0.2) is 30.3 Å². The Hall–Kier alpha value is -2.22. The summed E-state index contributed by atoms with van der Waals surface area (Å²) >= 11 is 1.18. The van der Waals surface area contributed by atoms with E-state index in [-0.39, 0.29) is 18.4 Å². The lowest BCUT2D eigenvalue weighted by Crippen LogP contribution is -2.12. The number of ether oxygens (including phenoxy) is 1. The molecule has 1 aromatic heterocycles. The van der Waals surface area contributed by atoms with E-state index < -0.39 is 29.2 Å². The van der Waals surface area contributed by atoms with E-state index >= 15 is 0 Å². The molecule has 1 nitrogen and oxygen atoms in total. The van der Waals surface area contributed by atoms with Crippen LogP contribution in [0.4, 0.5) is 26.3 Å². The highest BCUT2D eigenvalue weighted by Gasteiger charge is 2.37. The van der Waals surface area contributed by atoms with Gasteiger partial charge in [-0.25, -0.2) is 13.2 Å². The van der Waals surface area contributed by atoms with Gasteiger partial charge in [-0.1, -0.05) is 0 Å². The zero-order valence-corrected chi connectivity index (χ0v) is 14.9. The molecule has 0 amide bonds. The maximum absolute atomic E-state index is 14.5. The molecule has 0 saturated carbocycles. The van der Waals surface area contributed by atoms with E-state index in [0.717, 1.165) is 0 Å². The van der Waals surface area contributed by atoms with Gasteiger partial charge in [0.1, 0.15) is 28.8 Å². The average Bonchev–Trinajstić information content (AvgIpc) is 2.87. The first-order chi connectivity index (χ1) is 12.7. The van der Waals surface area contributed by atoms with Crippen LogP contribution in [0, 0.1) is 17.5 Å². The molecule has 3 aromatic rings. The van der Waals surface area contributed by atoms with E-state index in [1.54, 1.807) is 18.2 Å². The topological polar surface area (TPSA) is 9.23 Å². The number of thiophene rings is 1. The van der Waals surface area contributed by atoms with Crippen molar-refractivity contribution in [3.8, 4) is 5.75 Å². The summed E-state index contributed by atoms with van der Waals surface area (Å²) in [5.74, 6) is -3.18. The Balaban J connectivity index is 1.83. The number of benzene rings is 2. The highest BCUT2D eigenvalue weighted by atomic mass is 32.1. The third-order valence-corrected chi connectivity index (χ3v) is 5.19. The van der Waals surface area contributed by atoms with Gasteiger partial charge in [-0.3, -0.25) is 0 Å². The van der Waals surface area contributed by atoms with E-state index in [1.807, 2.05) is 6.92 Å². The number of hydrogen-bond donors (Lipinski definition) is 0. The molecule has 0 fully saturated rings. The fourth-order valence-electron chi connectivity index (χ4n) is 2.81. The summed E-state index contributed by atoms with van der Waals surface area (Å²) in [6.07, 6.45) is -4.99. The summed E-state index contributed by atoms with van der Waals surface area (Å²) in [5.41, 5.74) is -1.88. The standard InChI is InChI=1S/C19H14F6OS/c1-2-26-11-4-5-12-16(9-11)27-15(18(12)22)6-3-10-7-13(20)17(14(21)8-10)19(23,24)25/h4-5,7-9H,2-3,6H2,1H3. The lowest BCUT2D eigenvalue weighted by molar-refractivity contribution is -0.142. The second kappa shape index (κ2) is 7.42. The van der Waals surface area contributed by atoms with Crippen molar-refractivity contribution in [2.45, 2.75) is 25.9 Å². The molecule has 144 valence electrons. The summed E-state index contributed by atoms with van der Waals surface area (Å²) in [4.78, 5) is 0.361. The van der Waals surface area contributed by atoms with Crippen LogP contribution >= 0.6 is 11.3 Å². The molecule has 8 heteroatoms. The molecule has 0 unspecified atom stereocenters. The van der Waals surface area contributed by atoms with Crippen molar-refractivity contribution >= 4 is 21.4 Å². The van der Waals surface area contributed by atoms with Gasteiger partial charge in [0.15, 0.2) is 0 Å². The number of aryl methyl sites for hydroxylation is 2. The van der Waals surface area contributed by atoms with Crippen molar-refractivity contribution in [2.24, 2.45) is 0 Å². The summed E-state index contributed by atoms with van der Waals surface area (Å²) in [6.45, 7) is 2.30. The molecule has 0 radical (unpaired) electrons. The molecule has 0 saturated heterocycles. The van der Waals surface area contributed by atoms with Gasteiger partial charge in [-0.05, 0) is 55.7 Å². The fraction of sp³-hybridized carbons (Fsp3) is 0.263. The molecule has 0 N–H and O–H groups in total. The molecular weight excluding hydrogens is 390 g/mol. The molecular formula is C19H14F6OS. The molecule has 0 aliphatic heterocycles. The van der Waals surface area contributed by atoms with Gasteiger partial charge in [0.25, 0.3) is 0 Å². The minimum atomic E-state index is -5.11. The lowest BCUT2D eigenvalue weighted by Gasteiger charge is -2.11. The zero-order chi connectivity index (χ0) is 19.8. The fourth-order valence-corrected chi connectivity index (χ4v) is 3.92. The molecule has 2 aromatic carbocycles. The summed E-state index contributed by atoms with van der Waals surface area (Å²) in [5, 5.41) is 0.406. The van der Waals surface area contributed by atoms with Crippen LogP contribution in [0.5, 0.6) is 5.75 Å². The zero-order valence-electron chi connectivity index (χ0n) is 14.1. The first-order valence-electron chi connectivity index (χ1n) is 8.09. The Labute approximate surface area is 155 Å². The quantitative estimate of drug-likeness (QED) is 0.440. The third-order valence-electron chi connectivity index (χ3n) is 4.00. The maximum Gasteiger partial charge on any atom is 0.422 e. The predicted molar refractivity (Wildman–Crippen MR) is 91.7 cm³/mol. The third kappa shape index (κ3) is 4.05. The van der Waals surface area contributed by atoms with Gasteiger partial charge < -0.3 is 4.74 Å². The summed E-state index contributed by atoms with van der Waals surface area (Å²) < 4.78 is 85.7. The number of halogens is 6. The maximum atomic E-state index is 14.5. The van der Waals surface area contributed by atoms with E-state index in [9.17, 15) is 26.3 Å². The Bertz CT molecular complexity index is 953. The largest absolute Gasteiger partial charge is 0.494 e. The monoisotopic (exact) mass is 404 g/mol. The number of alkyl halides is 3. The molecule has 0 bridgehead atoms. The van der Waals surface area contributed by atoms with Crippen LogP contribution in [0.2, 0.25) is 0 Å². The molecule has 3 rings (SSSR count). The summed E-state index contributed by atoms with van der Waals surface area (Å²) in [6, 6.07) is 6.22. The number of hydrogen-bond acceptors (Lipinski definition) is 2. The predicted octanol–water partition coefficient (Wildman–Crippen LogP) is 6.52. The van der Waals surface area contributed by atoms with Gasteiger partial charge in [-0.2, -0.15) is 13.2 Å². The van der Waals surface area contributed by atoms with Gasteiger partial charge >= 0.3 is 6.18 Å². The van der Waals surface area contributed by atoms with Crippen LogP contribution in [-0.2, 0) is 19.0 Å². The summed E-state index contributed by atoms with van der Waals surface area (Å²) in [7, 11) is 0. The van der Waals surface area contributed by atoms with Crippen molar-refractivity contribution in [1.82, 2.24) is 0 Å². The van der Waals surface area contributed by atoms with Gasteiger partial charge in [0.2, 0.25) is 0 Å². The number of rotatable bonds is 5. The van der Waals surface area contributed by atoms with Crippen molar-refractivity contribution in [2.75, 3.05) is 6.61 Å². The van der Waals surface area contributed by atoms with Crippen molar-refractivity contribution in [3.05, 3.63) is 63.8 Å². The van der Waals surface area contributed by atoms with E-state index in [0.29, 0.717) is 39.5 Å². The molecule has 0 atom stereocenters. The highest BCUT2D eigenvalue weighted by Crippen LogP contribution is 2.35. The Morgan fingerprint density at radius 1 is 0.963 bits per heavy atom. The number of fused-ring (bicyclic) bond motifs is 1. The minimum absolute atomic E-state index is 0.00797. The van der Waals surface area contributed by atoms with Crippen molar-refractivity contribution < 1.29 is 31.1 Å². The van der Waals surface area contributed by atoms with Gasteiger partial charge in [0.05, 0.1) is 6.61 Å². The second-order valence-corrected chi connectivity index (χ2v) is 7.00. The Morgan fingerprint density at radius 3 is 2.22 bits per heavy atom. The van der Waals surface area contributed by atoms with Crippen molar-refractivity contribution in [3.63, 3.8) is 0 Å². The minimum Gasteiger partial charge on any atom is -0.494 e. The second-order valence-electron chi connectivity index (χ2n) is 5.86. The Morgan fingerprint density at radius 2 is 1.63 bits per heavy atom. The molecule has 1 heterocycles. The van der Waals surface area contributed by atoms with Gasteiger partial charge in [0, 0.05) is 15.0 Å². The van der Waals surface area contributed by atoms with Crippen LogP contribution in [0.1, 0.15) is 22.9 Å². The SMILES string of the molecule is CCOc1ccc2c(F)c(CCc3cc(F)c(C(F)(F)F)c(F)c3)sc2c1. The molecule has 27 heavy (non-hydrogen) atoms. The Kier molecular flexibility index (Phi) is 5.37. The lowest BCUT2D eigenvalue weighted by atomic mass is 10.0. The molecule has 0 spiro atoms. The van der Waals surface area contributed by atoms with E-state index in [4.69, 9.17) is 4.74 Å². The molecule has 0 aliphatic carbocycles. The first kappa shape index (κ1) is 19.5.